The fourth-order valence-corrected chi connectivity index (χ4v) is 2.57. The molecule has 1 aliphatic rings. The Balaban J connectivity index is 1.84. The predicted molar refractivity (Wildman–Crippen MR) is 77.4 cm³/mol. The lowest BCUT2D eigenvalue weighted by atomic mass is 9.95. The number of aryl methyl sites for hydroxylation is 1. The van der Waals surface area contributed by atoms with E-state index in [0.29, 0.717) is 0 Å². The van der Waals surface area contributed by atoms with Gasteiger partial charge in [0.05, 0.1) is 11.1 Å². The van der Waals surface area contributed by atoms with Gasteiger partial charge in [-0.1, -0.05) is 19.3 Å². The first-order valence-corrected chi connectivity index (χ1v) is 7.24. The molecule has 1 saturated carbocycles. The summed E-state index contributed by atoms with van der Waals surface area (Å²) < 4.78 is 6.22. The fraction of sp³-hybridized carbons (Fsp3) is 0.571. The number of nitrogens with one attached hydrogen (secondary N) is 1. The maximum atomic E-state index is 11.9. The molecule has 1 N–H and O–H groups in total. The van der Waals surface area contributed by atoms with Crippen molar-refractivity contribution in [3.8, 4) is 0 Å². The largest absolute Gasteiger partial charge is 0.451 e. The SMILES string of the molecule is Cn1cc([N+](=O)[O-])cc1C(=O)OCC(=O)NC1CCCCC1. The zero-order valence-corrected chi connectivity index (χ0v) is 12.4. The molecule has 1 heterocycles. The van der Waals surface area contributed by atoms with E-state index in [4.69, 9.17) is 4.74 Å². The molecular formula is C14H19N3O5. The first-order chi connectivity index (χ1) is 10.5. The van der Waals surface area contributed by atoms with E-state index < -0.39 is 10.9 Å². The normalized spacial score (nSPS) is 15.3. The Labute approximate surface area is 127 Å². The molecule has 22 heavy (non-hydrogen) atoms. The van der Waals surface area contributed by atoms with Crippen molar-refractivity contribution >= 4 is 17.6 Å². The monoisotopic (exact) mass is 309 g/mol. The molecule has 0 unspecified atom stereocenters. The highest BCUT2D eigenvalue weighted by Crippen LogP contribution is 2.18. The smallest absolute Gasteiger partial charge is 0.355 e. The molecule has 0 bridgehead atoms. The number of nitrogens with zero attached hydrogens (tertiary/aromatic N) is 2. The standard InChI is InChI=1S/C14H19N3O5/c1-16-8-11(17(20)21)7-12(16)14(19)22-9-13(18)15-10-5-3-2-4-6-10/h7-8,10H,2-6,9H2,1H3,(H,15,18). The van der Waals surface area contributed by atoms with Crippen LogP contribution in [-0.4, -0.2) is 34.0 Å². The van der Waals surface area contributed by atoms with Gasteiger partial charge in [0.1, 0.15) is 5.69 Å². The summed E-state index contributed by atoms with van der Waals surface area (Å²) in [6, 6.07) is 1.28. The molecule has 0 atom stereocenters. The van der Waals surface area contributed by atoms with E-state index in [2.05, 4.69) is 5.32 Å². The van der Waals surface area contributed by atoms with Gasteiger partial charge in [-0.3, -0.25) is 14.9 Å². The molecule has 1 amide bonds. The Morgan fingerprint density at radius 1 is 1.41 bits per heavy atom. The molecule has 8 nitrogen and oxygen atoms in total. The van der Waals surface area contributed by atoms with Gasteiger partial charge in [0.25, 0.3) is 11.6 Å². The number of hydrogen-bond donors (Lipinski definition) is 1. The van der Waals surface area contributed by atoms with Crippen molar-refractivity contribution in [3.05, 3.63) is 28.1 Å². The molecule has 1 fully saturated rings. The Hall–Kier alpha value is -2.38. The molecule has 1 aromatic rings. The van der Waals surface area contributed by atoms with Crippen molar-refractivity contribution in [1.82, 2.24) is 9.88 Å². The van der Waals surface area contributed by atoms with Gasteiger partial charge < -0.3 is 14.6 Å². The number of hydrogen-bond acceptors (Lipinski definition) is 5. The van der Waals surface area contributed by atoms with Gasteiger partial charge in [0.2, 0.25) is 0 Å². The van der Waals surface area contributed by atoms with Crippen LogP contribution in [0, 0.1) is 10.1 Å². The summed E-state index contributed by atoms with van der Waals surface area (Å²) in [6.07, 6.45) is 6.50. The minimum atomic E-state index is -0.755. The second-order valence-corrected chi connectivity index (χ2v) is 5.43. The quantitative estimate of drug-likeness (QED) is 0.505. The summed E-state index contributed by atoms with van der Waals surface area (Å²) in [6.45, 7) is -0.381. The summed E-state index contributed by atoms with van der Waals surface area (Å²) in [4.78, 5) is 33.7. The van der Waals surface area contributed by atoms with Crippen molar-refractivity contribution in [2.24, 2.45) is 7.05 Å². The van der Waals surface area contributed by atoms with Crippen molar-refractivity contribution < 1.29 is 19.2 Å². The summed E-state index contributed by atoms with van der Waals surface area (Å²) in [5.74, 6) is -1.10. The number of aromatic nitrogens is 1. The van der Waals surface area contributed by atoms with Crippen molar-refractivity contribution in [3.63, 3.8) is 0 Å². The number of carbonyl (C=O) groups is 2. The van der Waals surface area contributed by atoms with Crippen LogP contribution in [0.15, 0.2) is 12.3 Å². The van der Waals surface area contributed by atoms with Crippen LogP contribution in [-0.2, 0) is 16.6 Å². The third-order valence-corrected chi connectivity index (χ3v) is 3.72. The number of rotatable bonds is 5. The Kier molecular flexibility index (Phi) is 5.13. The van der Waals surface area contributed by atoms with E-state index in [9.17, 15) is 19.7 Å². The van der Waals surface area contributed by atoms with E-state index >= 15 is 0 Å². The summed E-state index contributed by atoms with van der Waals surface area (Å²) in [5.41, 5.74) is -0.154. The number of nitro groups is 1. The van der Waals surface area contributed by atoms with Crippen LogP contribution in [0.3, 0.4) is 0 Å². The lowest BCUT2D eigenvalue weighted by molar-refractivity contribution is -0.384. The maximum absolute atomic E-state index is 11.9. The number of esters is 1. The summed E-state index contributed by atoms with van der Waals surface area (Å²) >= 11 is 0. The number of amides is 1. The molecule has 0 saturated heterocycles. The summed E-state index contributed by atoms with van der Waals surface area (Å²) in [5, 5.41) is 13.5. The van der Waals surface area contributed by atoms with Crippen LogP contribution >= 0.6 is 0 Å². The molecule has 0 radical (unpaired) electrons. The molecule has 1 aromatic heterocycles. The highest BCUT2D eigenvalue weighted by atomic mass is 16.6. The fourth-order valence-electron chi connectivity index (χ4n) is 2.57. The minimum absolute atomic E-state index is 0.0390. The molecule has 2 rings (SSSR count). The highest BCUT2D eigenvalue weighted by molar-refractivity contribution is 5.90. The molecule has 8 heteroatoms. The van der Waals surface area contributed by atoms with Gasteiger partial charge in [-0.15, -0.1) is 0 Å². The van der Waals surface area contributed by atoms with Crippen LogP contribution in [0.2, 0.25) is 0 Å². The van der Waals surface area contributed by atoms with Gasteiger partial charge in [-0.25, -0.2) is 4.79 Å². The van der Waals surface area contributed by atoms with Gasteiger partial charge in [0.15, 0.2) is 6.61 Å². The molecule has 0 aliphatic heterocycles. The summed E-state index contributed by atoms with van der Waals surface area (Å²) in [7, 11) is 1.51. The zero-order chi connectivity index (χ0) is 16.1. The van der Waals surface area contributed by atoms with Gasteiger partial charge in [0, 0.05) is 19.2 Å². The first-order valence-electron chi connectivity index (χ1n) is 7.24. The van der Waals surface area contributed by atoms with Gasteiger partial charge in [-0.2, -0.15) is 0 Å². The van der Waals surface area contributed by atoms with E-state index in [1.165, 1.54) is 24.2 Å². The molecule has 0 aromatic carbocycles. The number of ether oxygens (including phenoxy) is 1. The van der Waals surface area contributed by atoms with Crippen LogP contribution in [0.25, 0.3) is 0 Å². The first kappa shape index (κ1) is 16.0. The van der Waals surface area contributed by atoms with E-state index in [1.54, 1.807) is 0 Å². The average Bonchev–Trinajstić information content (AvgIpc) is 2.88. The van der Waals surface area contributed by atoms with Crippen LogP contribution in [0.1, 0.15) is 42.6 Å². The molecule has 0 spiro atoms. The lowest BCUT2D eigenvalue weighted by Crippen LogP contribution is -2.38. The van der Waals surface area contributed by atoms with E-state index in [1.807, 2.05) is 0 Å². The topological polar surface area (TPSA) is 103 Å². The minimum Gasteiger partial charge on any atom is -0.451 e. The Bertz CT molecular complexity index is 575. The van der Waals surface area contributed by atoms with Gasteiger partial charge in [-0.05, 0) is 12.8 Å². The maximum Gasteiger partial charge on any atom is 0.355 e. The van der Waals surface area contributed by atoms with Crippen molar-refractivity contribution in [2.45, 2.75) is 38.1 Å². The van der Waals surface area contributed by atoms with Crippen LogP contribution in [0.4, 0.5) is 5.69 Å². The Morgan fingerprint density at radius 2 is 2.09 bits per heavy atom. The zero-order valence-electron chi connectivity index (χ0n) is 12.4. The van der Waals surface area contributed by atoms with Gasteiger partial charge >= 0.3 is 5.97 Å². The molecule has 120 valence electrons. The highest BCUT2D eigenvalue weighted by Gasteiger charge is 2.20. The second-order valence-electron chi connectivity index (χ2n) is 5.43. The van der Waals surface area contributed by atoms with Crippen LogP contribution < -0.4 is 5.32 Å². The average molecular weight is 309 g/mol. The third-order valence-electron chi connectivity index (χ3n) is 3.72. The third kappa shape index (κ3) is 4.06. The number of carbonyl (C=O) groups excluding carboxylic acids is 2. The van der Waals surface area contributed by atoms with Crippen molar-refractivity contribution in [2.75, 3.05) is 6.61 Å². The van der Waals surface area contributed by atoms with Crippen LogP contribution in [0.5, 0.6) is 0 Å². The van der Waals surface area contributed by atoms with E-state index in [-0.39, 0.29) is 29.9 Å². The molecule has 1 aliphatic carbocycles. The van der Waals surface area contributed by atoms with Crippen molar-refractivity contribution in [1.29, 1.82) is 0 Å². The lowest BCUT2D eigenvalue weighted by Gasteiger charge is -2.22. The predicted octanol–water partition coefficient (Wildman–Crippen LogP) is 1.54. The molecular weight excluding hydrogens is 290 g/mol. The van der Waals surface area contributed by atoms with E-state index in [0.717, 1.165) is 31.7 Å². The second kappa shape index (κ2) is 7.06. The Morgan fingerprint density at radius 3 is 2.68 bits per heavy atom.